The molecule has 15 heavy (non-hydrogen) atoms. The summed E-state index contributed by atoms with van der Waals surface area (Å²) < 4.78 is 44.7. The second-order valence-electron chi connectivity index (χ2n) is 2.65. The van der Waals surface area contributed by atoms with Gasteiger partial charge in [-0.3, -0.25) is 4.55 Å². The predicted molar refractivity (Wildman–Crippen MR) is 60.2 cm³/mol. The first-order chi connectivity index (χ1) is 6.89. The summed E-state index contributed by atoms with van der Waals surface area (Å²) >= 11 is 0. The Morgan fingerprint density at radius 3 is 2.00 bits per heavy atom. The Balaban J connectivity index is 3.92. The molecule has 1 N–H and O–H groups in total. The van der Waals surface area contributed by atoms with E-state index in [1.807, 2.05) is 0 Å². The van der Waals surface area contributed by atoms with Gasteiger partial charge in [-0.05, 0) is 17.2 Å². The van der Waals surface area contributed by atoms with E-state index in [9.17, 15) is 8.42 Å². The van der Waals surface area contributed by atoms with Crippen molar-refractivity contribution in [2.24, 2.45) is 0 Å². The van der Waals surface area contributed by atoms with Gasteiger partial charge in [-0.15, -0.1) is 0 Å². The van der Waals surface area contributed by atoms with Crippen LogP contribution in [0.25, 0.3) is 0 Å². The molecule has 0 fully saturated rings. The second kappa shape index (κ2) is 6.84. The van der Waals surface area contributed by atoms with Gasteiger partial charge in [0.15, 0.2) is 0 Å². The molecule has 0 aromatic rings. The molecule has 0 rings (SSSR count). The topological polar surface area (TPSA) is 82.1 Å². The van der Waals surface area contributed by atoms with Crippen molar-refractivity contribution in [1.82, 2.24) is 0 Å². The third-order valence-corrected chi connectivity index (χ3v) is 6.77. The van der Waals surface area contributed by atoms with E-state index in [4.69, 9.17) is 17.8 Å². The normalized spacial score (nSPS) is 13.1. The van der Waals surface area contributed by atoms with Crippen LogP contribution in [-0.2, 0) is 22.4 Å². The lowest BCUT2D eigenvalue weighted by Gasteiger charge is -2.23. The van der Waals surface area contributed by atoms with Crippen LogP contribution in [0.4, 0.5) is 0 Å². The van der Waals surface area contributed by atoms with Gasteiger partial charge < -0.3 is 13.3 Å². The van der Waals surface area contributed by atoms with Crippen LogP contribution in [0.3, 0.4) is 0 Å². The lowest BCUT2D eigenvalue weighted by atomic mass is 10.6. The molecule has 0 aliphatic rings. The van der Waals surface area contributed by atoms with Crippen molar-refractivity contribution in [1.29, 1.82) is 0 Å². The van der Waals surface area contributed by atoms with Crippen LogP contribution in [0, 0.1) is 0 Å². The largest absolute Gasteiger partial charge is 0.500 e. The Morgan fingerprint density at radius 2 is 1.67 bits per heavy atom. The van der Waals surface area contributed by atoms with Crippen molar-refractivity contribution in [3.05, 3.63) is 0 Å². The van der Waals surface area contributed by atoms with Crippen LogP contribution in [0.15, 0.2) is 0 Å². The summed E-state index contributed by atoms with van der Waals surface area (Å²) in [6.07, 6.45) is 0.534. The van der Waals surface area contributed by atoms with Crippen LogP contribution >= 0.6 is 10.8 Å². The molecule has 0 radical (unpaired) electrons. The van der Waals surface area contributed by atoms with Gasteiger partial charge in [0.2, 0.25) is 0 Å². The fraction of sp³-hybridized carbons (Fsp3) is 1.00. The first-order valence-corrected chi connectivity index (χ1v) is 9.04. The molecule has 0 atom stereocenters. The average Bonchev–Trinajstić information content (AvgIpc) is 2.18. The molecular formula is C6H16O6S2Si. The molecule has 92 valence electrons. The van der Waals surface area contributed by atoms with Gasteiger partial charge in [-0.25, -0.2) is 0 Å². The fourth-order valence-corrected chi connectivity index (χ4v) is 4.45. The first-order valence-electron chi connectivity index (χ1n) is 4.16. The van der Waals surface area contributed by atoms with Gasteiger partial charge >= 0.3 is 18.0 Å². The molecule has 0 saturated heterocycles. The van der Waals surface area contributed by atoms with Gasteiger partial charge in [0.1, 0.15) is 0 Å². The molecule has 0 amide bonds. The molecule has 0 aromatic heterocycles. The Bertz CT molecular complexity index is 255. The van der Waals surface area contributed by atoms with Gasteiger partial charge in [-0.1, -0.05) is 0 Å². The lowest BCUT2D eigenvalue weighted by Crippen LogP contribution is -2.42. The molecule has 0 bridgehead atoms. The molecule has 0 unspecified atom stereocenters. The van der Waals surface area contributed by atoms with E-state index in [0.717, 1.165) is 0 Å². The maximum atomic E-state index is 10.4. The maximum Gasteiger partial charge on any atom is 0.500 e. The van der Waals surface area contributed by atoms with Crippen molar-refractivity contribution in [3.8, 4) is 0 Å². The van der Waals surface area contributed by atoms with Gasteiger partial charge in [0.05, 0.1) is 0 Å². The van der Waals surface area contributed by atoms with Crippen LogP contribution in [0.1, 0.15) is 6.42 Å². The quantitative estimate of drug-likeness (QED) is 0.304. The van der Waals surface area contributed by atoms with E-state index < -0.39 is 18.0 Å². The number of hydrogen-bond donors (Lipinski definition) is 1. The minimum absolute atomic E-state index is 0.281. The van der Waals surface area contributed by atoms with Crippen molar-refractivity contribution < 1.29 is 26.2 Å². The zero-order valence-electron chi connectivity index (χ0n) is 8.93. The van der Waals surface area contributed by atoms with E-state index >= 15 is 0 Å². The first kappa shape index (κ1) is 15.4. The summed E-state index contributed by atoms with van der Waals surface area (Å²) in [6.45, 7) is 0. The highest BCUT2D eigenvalue weighted by Gasteiger charge is 2.36. The predicted octanol–water partition coefficient (Wildman–Crippen LogP) is 0.791. The standard InChI is InChI=1S/C6H16O6S2Si/c1-10-15(11-2,12-3)6-4-5-13-14(7,8)9/h4-6H2,1-3H3,(H,7,8,9). The van der Waals surface area contributed by atoms with Crippen LogP contribution in [0.2, 0.25) is 6.04 Å². The molecule has 0 spiro atoms. The zero-order valence-corrected chi connectivity index (χ0v) is 11.6. The number of rotatable bonds is 8. The fourth-order valence-electron chi connectivity index (χ4n) is 1.01. The Hall–Kier alpha value is 0.357. The summed E-state index contributed by atoms with van der Waals surface area (Å²) in [5.41, 5.74) is 0. The molecule has 0 aromatic carbocycles. The van der Waals surface area contributed by atoms with Crippen molar-refractivity contribution in [3.63, 3.8) is 0 Å². The van der Waals surface area contributed by atoms with E-state index in [1.165, 1.54) is 21.3 Å². The Labute approximate surface area is 94.8 Å². The molecule has 0 aliphatic carbocycles. The lowest BCUT2D eigenvalue weighted by molar-refractivity contribution is 0.123. The second-order valence-corrected chi connectivity index (χ2v) is 9.21. The molecule has 6 nitrogen and oxygen atoms in total. The van der Waals surface area contributed by atoms with Crippen molar-refractivity contribution in [2.75, 3.05) is 27.1 Å². The molecule has 0 saturated carbocycles. The number of hydrogen-bond acceptors (Lipinski definition) is 6. The Morgan fingerprint density at radius 1 is 1.20 bits per heavy atom. The third kappa shape index (κ3) is 6.51. The highest BCUT2D eigenvalue weighted by molar-refractivity contribution is 8.69. The molecule has 0 aliphatic heterocycles. The van der Waals surface area contributed by atoms with Crippen LogP contribution in [0.5, 0.6) is 0 Å². The SMILES string of the molecule is CO[Si](CCCSS(=O)(=O)O)(OC)OC. The zero-order chi connectivity index (χ0) is 11.9. The minimum Gasteiger partial charge on any atom is -0.377 e. The van der Waals surface area contributed by atoms with Crippen molar-refractivity contribution in [2.45, 2.75) is 12.5 Å². The Kier molecular flexibility index (Phi) is 7.00. The maximum absolute atomic E-state index is 10.4. The van der Waals surface area contributed by atoms with Crippen LogP contribution < -0.4 is 0 Å². The summed E-state index contributed by atoms with van der Waals surface area (Å²) in [5.74, 6) is 0.281. The van der Waals surface area contributed by atoms with E-state index in [0.29, 0.717) is 23.3 Å². The van der Waals surface area contributed by atoms with E-state index in [2.05, 4.69) is 0 Å². The van der Waals surface area contributed by atoms with Gasteiger partial charge in [-0.2, -0.15) is 8.42 Å². The summed E-state index contributed by atoms with van der Waals surface area (Å²) in [4.78, 5) is 0. The average molecular weight is 276 g/mol. The smallest absolute Gasteiger partial charge is 0.377 e. The monoisotopic (exact) mass is 276 g/mol. The van der Waals surface area contributed by atoms with Crippen molar-refractivity contribution >= 4 is 28.7 Å². The summed E-state index contributed by atoms with van der Waals surface area (Å²) in [5, 5.41) is 0. The highest BCUT2D eigenvalue weighted by atomic mass is 33.1. The summed E-state index contributed by atoms with van der Waals surface area (Å²) in [6, 6.07) is 0.513. The van der Waals surface area contributed by atoms with Crippen LogP contribution in [-0.4, -0.2) is 48.9 Å². The third-order valence-electron chi connectivity index (χ3n) is 1.79. The molecule has 0 heterocycles. The minimum atomic E-state index is -3.95. The van der Waals surface area contributed by atoms with E-state index in [1.54, 1.807) is 0 Å². The highest BCUT2D eigenvalue weighted by Crippen LogP contribution is 2.19. The van der Waals surface area contributed by atoms with Gasteiger partial charge in [0.25, 0.3) is 0 Å². The molecular weight excluding hydrogens is 260 g/mol. The molecule has 9 heteroatoms. The summed E-state index contributed by atoms with van der Waals surface area (Å²) in [7, 11) is -1.58. The van der Waals surface area contributed by atoms with Gasteiger partial charge in [0, 0.05) is 33.1 Å². The van der Waals surface area contributed by atoms with E-state index in [-0.39, 0.29) is 5.75 Å².